The van der Waals surface area contributed by atoms with Crippen LogP contribution in [0, 0.1) is 4.91 Å². The van der Waals surface area contributed by atoms with Gasteiger partial charge in [-0.1, -0.05) is 70.4 Å². The summed E-state index contributed by atoms with van der Waals surface area (Å²) in [6.45, 7) is 2.23. The van der Waals surface area contributed by atoms with Gasteiger partial charge < -0.3 is 5.11 Å². The van der Waals surface area contributed by atoms with E-state index < -0.39 is 6.10 Å². The normalized spacial score (nSPS) is 12.3. The molecule has 0 spiro atoms. The largest absolute Gasteiger partial charge is 0.388 e. The molecule has 142 valence electrons. The molecule has 1 unspecified atom stereocenters. The Labute approximate surface area is 155 Å². The maximum Gasteiger partial charge on any atom is 0.115 e. The van der Waals surface area contributed by atoms with E-state index in [9.17, 15) is 15.2 Å². The molecule has 2 rings (SSSR count). The van der Waals surface area contributed by atoms with Crippen molar-refractivity contribution in [3.05, 3.63) is 40.8 Å². The minimum Gasteiger partial charge on any atom is -0.388 e. The van der Waals surface area contributed by atoms with Gasteiger partial charge in [0.05, 0.1) is 11.8 Å². The third kappa shape index (κ3) is 5.51. The quantitative estimate of drug-likeness (QED) is 0.227. The topological polar surface area (TPSA) is 81.9 Å². The number of aliphatic hydroxyl groups excluding tert-OH is 1. The molecule has 0 aliphatic rings. The minimum absolute atomic E-state index is 0.306. The van der Waals surface area contributed by atoms with Crippen molar-refractivity contribution < 1.29 is 10.3 Å². The third-order valence-corrected chi connectivity index (χ3v) is 4.95. The van der Waals surface area contributed by atoms with E-state index in [4.69, 9.17) is 0 Å². The number of benzene rings is 2. The predicted octanol–water partition coefficient (Wildman–Crippen LogP) is 6.60. The Balaban J connectivity index is 1.91. The Morgan fingerprint density at radius 3 is 2.31 bits per heavy atom. The highest BCUT2D eigenvalue weighted by Crippen LogP contribution is 2.34. The van der Waals surface area contributed by atoms with E-state index in [1.807, 2.05) is 6.07 Å². The minimum atomic E-state index is -0.551. The molecule has 26 heavy (non-hydrogen) atoms. The monoisotopic (exact) mass is 358 g/mol. The van der Waals surface area contributed by atoms with Crippen LogP contribution in [0.1, 0.15) is 76.4 Å². The van der Waals surface area contributed by atoms with Crippen molar-refractivity contribution in [1.82, 2.24) is 0 Å². The van der Waals surface area contributed by atoms with Crippen LogP contribution < -0.4 is 5.48 Å². The van der Waals surface area contributed by atoms with Gasteiger partial charge in [-0.2, -0.15) is 0 Å². The SMILES string of the molecule is CCCCCCCCCCC(O)c1ccc2c(NO)ccc(N=O)c2c1. The maximum atomic E-state index is 11.0. The van der Waals surface area contributed by atoms with Crippen LogP contribution in [0.5, 0.6) is 0 Å². The molecule has 0 aliphatic carbocycles. The zero-order valence-corrected chi connectivity index (χ0v) is 15.6. The molecule has 0 bridgehead atoms. The van der Waals surface area contributed by atoms with Crippen LogP contribution >= 0.6 is 0 Å². The van der Waals surface area contributed by atoms with E-state index in [2.05, 4.69) is 17.6 Å². The van der Waals surface area contributed by atoms with E-state index in [-0.39, 0.29) is 0 Å². The second-order valence-electron chi connectivity index (χ2n) is 6.92. The van der Waals surface area contributed by atoms with Crippen LogP contribution in [0.4, 0.5) is 11.4 Å². The Kier molecular flexibility index (Phi) is 8.51. The fraction of sp³-hybridized carbons (Fsp3) is 0.524. The summed E-state index contributed by atoms with van der Waals surface area (Å²) >= 11 is 0. The molecule has 0 aliphatic heterocycles. The summed E-state index contributed by atoms with van der Waals surface area (Å²) in [6, 6.07) is 8.60. The van der Waals surface area contributed by atoms with Crippen LogP contribution in [0.15, 0.2) is 35.5 Å². The fourth-order valence-corrected chi connectivity index (χ4v) is 3.37. The molecule has 3 N–H and O–H groups in total. The van der Waals surface area contributed by atoms with Crippen molar-refractivity contribution in [3.63, 3.8) is 0 Å². The van der Waals surface area contributed by atoms with E-state index in [0.29, 0.717) is 28.6 Å². The summed E-state index contributed by atoms with van der Waals surface area (Å²) in [7, 11) is 0. The smallest absolute Gasteiger partial charge is 0.115 e. The fourth-order valence-electron chi connectivity index (χ4n) is 3.37. The van der Waals surface area contributed by atoms with Crippen molar-refractivity contribution in [1.29, 1.82) is 0 Å². The highest BCUT2D eigenvalue weighted by molar-refractivity contribution is 6.01. The zero-order valence-electron chi connectivity index (χ0n) is 15.6. The van der Waals surface area contributed by atoms with Gasteiger partial charge in [-0.25, -0.2) is 0 Å². The van der Waals surface area contributed by atoms with Crippen LogP contribution in [0.2, 0.25) is 0 Å². The lowest BCUT2D eigenvalue weighted by Gasteiger charge is -2.13. The molecule has 0 aromatic heterocycles. The van der Waals surface area contributed by atoms with Gasteiger partial charge in [-0.15, -0.1) is 4.91 Å². The van der Waals surface area contributed by atoms with E-state index in [1.54, 1.807) is 24.3 Å². The molecule has 0 amide bonds. The molecule has 0 heterocycles. The number of unbranched alkanes of at least 4 members (excludes halogenated alkanes) is 7. The molecule has 0 radical (unpaired) electrons. The van der Waals surface area contributed by atoms with Gasteiger partial charge in [0.25, 0.3) is 0 Å². The first-order valence-electron chi connectivity index (χ1n) is 9.69. The number of fused-ring (bicyclic) bond motifs is 1. The van der Waals surface area contributed by atoms with Gasteiger partial charge in [-0.05, 0) is 35.4 Å². The van der Waals surface area contributed by atoms with Crippen LogP contribution in [-0.2, 0) is 0 Å². The Morgan fingerprint density at radius 2 is 1.65 bits per heavy atom. The molecular weight excluding hydrogens is 328 g/mol. The predicted molar refractivity (Wildman–Crippen MR) is 107 cm³/mol. The van der Waals surface area contributed by atoms with Crippen molar-refractivity contribution in [2.75, 3.05) is 5.48 Å². The van der Waals surface area contributed by atoms with Crippen LogP contribution in [-0.4, -0.2) is 10.3 Å². The zero-order chi connectivity index (χ0) is 18.8. The Hall–Kier alpha value is -1.98. The maximum absolute atomic E-state index is 11.0. The number of nitroso groups, excluding NO2 is 1. The van der Waals surface area contributed by atoms with Gasteiger partial charge in [0.2, 0.25) is 0 Å². The van der Waals surface area contributed by atoms with Crippen molar-refractivity contribution >= 4 is 22.1 Å². The first kappa shape index (κ1) is 20.3. The number of hydrogen-bond donors (Lipinski definition) is 3. The summed E-state index contributed by atoms with van der Waals surface area (Å²) in [5.74, 6) is 0. The summed E-state index contributed by atoms with van der Waals surface area (Å²) in [5.41, 5.74) is 3.72. The second kappa shape index (κ2) is 10.9. The number of anilines is 1. The lowest BCUT2D eigenvalue weighted by Crippen LogP contribution is -1.98. The molecule has 0 saturated heterocycles. The van der Waals surface area contributed by atoms with Crippen molar-refractivity contribution in [3.8, 4) is 0 Å². The van der Waals surface area contributed by atoms with Gasteiger partial charge in [0.15, 0.2) is 0 Å². The number of hydrogen-bond acceptors (Lipinski definition) is 5. The molecule has 1 atom stereocenters. The lowest BCUT2D eigenvalue weighted by molar-refractivity contribution is 0.163. The van der Waals surface area contributed by atoms with E-state index >= 15 is 0 Å². The summed E-state index contributed by atoms with van der Waals surface area (Å²) in [4.78, 5) is 11.0. The number of nitrogens with zero attached hydrogens (tertiary/aromatic N) is 1. The van der Waals surface area contributed by atoms with Gasteiger partial charge >= 0.3 is 0 Å². The van der Waals surface area contributed by atoms with E-state index in [1.165, 1.54) is 38.5 Å². The highest BCUT2D eigenvalue weighted by atomic mass is 16.5. The summed E-state index contributed by atoms with van der Waals surface area (Å²) in [6.07, 6.45) is 10.0. The third-order valence-electron chi connectivity index (χ3n) is 4.95. The molecule has 5 heteroatoms. The molecule has 2 aromatic rings. The molecule has 2 aromatic carbocycles. The van der Waals surface area contributed by atoms with Gasteiger partial charge in [0.1, 0.15) is 5.69 Å². The highest BCUT2D eigenvalue weighted by Gasteiger charge is 2.12. The lowest BCUT2D eigenvalue weighted by atomic mass is 9.98. The Morgan fingerprint density at radius 1 is 0.962 bits per heavy atom. The van der Waals surface area contributed by atoms with Gasteiger partial charge in [0, 0.05) is 10.8 Å². The molecule has 0 saturated carbocycles. The Bertz CT molecular complexity index is 703. The standard InChI is InChI=1S/C21H30N2O3/c1-2-3-4-5-6-7-8-9-10-21(24)16-11-12-17-18(15-16)20(23-26)14-13-19(17)22-25/h11-15,21-22,24-25H,2-10H2,1H3. The molecule has 5 nitrogen and oxygen atoms in total. The number of nitrogens with one attached hydrogen (secondary N) is 1. The second-order valence-corrected chi connectivity index (χ2v) is 6.92. The van der Waals surface area contributed by atoms with Gasteiger partial charge in [-0.3, -0.25) is 10.7 Å². The molecule has 0 fully saturated rings. The van der Waals surface area contributed by atoms with Crippen LogP contribution in [0.25, 0.3) is 10.8 Å². The van der Waals surface area contributed by atoms with Crippen LogP contribution in [0.3, 0.4) is 0 Å². The van der Waals surface area contributed by atoms with E-state index in [0.717, 1.165) is 18.4 Å². The molecular formula is C21H30N2O3. The summed E-state index contributed by atoms with van der Waals surface area (Å²) < 4.78 is 0. The number of rotatable bonds is 12. The average molecular weight is 358 g/mol. The first-order valence-corrected chi connectivity index (χ1v) is 9.69. The van der Waals surface area contributed by atoms with Crippen molar-refractivity contribution in [2.45, 2.75) is 70.8 Å². The average Bonchev–Trinajstić information content (AvgIpc) is 2.68. The number of aliphatic hydroxyl groups is 1. The first-order chi connectivity index (χ1) is 12.7. The summed E-state index contributed by atoms with van der Waals surface area (Å²) in [5, 5.41) is 24.1. The van der Waals surface area contributed by atoms with Crippen molar-refractivity contribution in [2.24, 2.45) is 5.18 Å².